The normalized spacial score (nSPS) is 26.1. The van der Waals surface area contributed by atoms with Crippen molar-refractivity contribution >= 4 is 5.91 Å². The Hall–Kier alpha value is -0.970. The summed E-state index contributed by atoms with van der Waals surface area (Å²) in [5, 5.41) is 5.99. The van der Waals surface area contributed by atoms with E-state index < -0.39 is 12.2 Å². The highest BCUT2D eigenvalue weighted by Gasteiger charge is 2.24. The fourth-order valence-corrected chi connectivity index (χ4v) is 0.343. The van der Waals surface area contributed by atoms with Crippen LogP contribution in [0.3, 0.4) is 0 Å². The van der Waals surface area contributed by atoms with Gasteiger partial charge >= 0.3 is 12.2 Å². The van der Waals surface area contributed by atoms with Gasteiger partial charge in [0.25, 0.3) is 0 Å². The Balaban J connectivity index is 2.51. The van der Waals surface area contributed by atoms with Crippen LogP contribution in [0.15, 0.2) is 10.4 Å². The Bertz CT molecular complexity index is 132. The molecule has 0 N–H and O–H groups in total. The van der Waals surface area contributed by atoms with E-state index in [2.05, 4.69) is 20.0 Å². The maximum Gasteiger partial charge on any atom is 0.338 e. The smallest absolute Gasteiger partial charge is 0.337 e. The molecule has 1 rings (SSSR count). The first-order valence-corrected chi connectivity index (χ1v) is 1.98. The standard InChI is InChI=1S/C3H4N2O3/c1-7-3-2(6)4-5-8-3/h3H,1H3. The molecule has 0 aromatic rings. The molecule has 0 bridgehead atoms. The van der Waals surface area contributed by atoms with Gasteiger partial charge in [-0.05, 0) is 0 Å². The fourth-order valence-electron chi connectivity index (χ4n) is 0.343. The minimum absolute atomic E-state index is 0.493. The van der Waals surface area contributed by atoms with Gasteiger partial charge in [-0.15, -0.1) is 0 Å². The summed E-state index contributed by atoms with van der Waals surface area (Å²) in [5.41, 5.74) is 0. The van der Waals surface area contributed by atoms with Crippen molar-refractivity contribution in [2.75, 3.05) is 7.11 Å². The number of hydrogen-bond acceptors (Lipinski definition) is 4. The third-order valence-electron chi connectivity index (χ3n) is 0.698. The highest BCUT2D eigenvalue weighted by Crippen LogP contribution is 2.04. The number of rotatable bonds is 1. The van der Waals surface area contributed by atoms with Crippen molar-refractivity contribution < 1.29 is 14.4 Å². The molecule has 0 aromatic heterocycles. The van der Waals surface area contributed by atoms with Crippen LogP contribution in [0.4, 0.5) is 0 Å². The van der Waals surface area contributed by atoms with Crippen molar-refractivity contribution in [1.82, 2.24) is 0 Å². The summed E-state index contributed by atoms with van der Waals surface area (Å²) >= 11 is 0. The molecule has 5 nitrogen and oxygen atoms in total. The second kappa shape index (κ2) is 1.87. The van der Waals surface area contributed by atoms with Crippen LogP contribution in [0.5, 0.6) is 0 Å². The number of methoxy groups -OCH3 is 1. The molecule has 0 aliphatic carbocycles. The first kappa shape index (κ1) is 5.17. The van der Waals surface area contributed by atoms with Gasteiger partial charge in [0.1, 0.15) is 0 Å². The van der Waals surface area contributed by atoms with Crippen molar-refractivity contribution in [3.8, 4) is 0 Å². The molecular formula is C3H4N2O3. The highest BCUT2D eigenvalue weighted by atomic mass is 16.8. The SMILES string of the molecule is COC1ON=NC1=O. The summed E-state index contributed by atoms with van der Waals surface area (Å²) in [5.74, 6) is -0.493. The zero-order valence-electron chi connectivity index (χ0n) is 4.20. The molecule has 5 heteroatoms. The quantitative estimate of drug-likeness (QED) is 0.480. The van der Waals surface area contributed by atoms with E-state index in [-0.39, 0.29) is 0 Å². The summed E-state index contributed by atoms with van der Waals surface area (Å²) in [6.45, 7) is 0. The van der Waals surface area contributed by atoms with Crippen LogP contribution < -0.4 is 0 Å². The van der Waals surface area contributed by atoms with Gasteiger partial charge in [0.2, 0.25) is 0 Å². The molecule has 1 aliphatic heterocycles. The van der Waals surface area contributed by atoms with Crippen LogP contribution >= 0.6 is 0 Å². The Morgan fingerprint density at radius 2 is 2.62 bits per heavy atom. The molecule has 8 heavy (non-hydrogen) atoms. The van der Waals surface area contributed by atoms with Gasteiger partial charge in [-0.25, -0.2) is 0 Å². The van der Waals surface area contributed by atoms with E-state index in [1.165, 1.54) is 7.11 Å². The first-order valence-electron chi connectivity index (χ1n) is 1.98. The second-order valence-electron chi connectivity index (χ2n) is 1.19. The van der Waals surface area contributed by atoms with Crippen molar-refractivity contribution in [2.45, 2.75) is 6.29 Å². The highest BCUT2D eigenvalue weighted by molar-refractivity contribution is 5.80. The Labute approximate surface area is 45.3 Å². The molecule has 0 saturated heterocycles. The molecule has 0 spiro atoms. The number of nitrogens with zero attached hydrogens (tertiary/aromatic N) is 2. The average molecular weight is 116 g/mol. The van der Waals surface area contributed by atoms with Gasteiger partial charge in [-0.3, -0.25) is 4.79 Å². The van der Waals surface area contributed by atoms with Gasteiger partial charge in [-0.1, -0.05) is 5.11 Å². The number of carbonyl (C=O) groups is 1. The van der Waals surface area contributed by atoms with Gasteiger partial charge < -0.3 is 9.57 Å². The lowest BCUT2D eigenvalue weighted by Gasteiger charge is -1.97. The van der Waals surface area contributed by atoms with Crippen LogP contribution in [-0.4, -0.2) is 19.3 Å². The van der Waals surface area contributed by atoms with Crippen LogP contribution in [0.25, 0.3) is 0 Å². The van der Waals surface area contributed by atoms with Crippen molar-refractivity contribution in [3.63, 3.8) is 0 Å². The lowest BCUT2D eigenvalue weighted by Crippen LogP contribution is -2.17. The minimum atomic E-state index is -0.907. The summed E-state index contributed by atoms with van der Waals surface area (Å²) < 4.78 is 4.46. The van der Waals surface area contributed by atoms with Crippen LogP contribution in [0.1, 0.15) is 0 Å². The van der Waals surface area contributed by atoms with E-state index in [1.54, 1.807) is 0 Å². The molecule has 44 valence electrons. The molecular weight excluding hydrogens is 112 g/mol. The fraction of sp³-hybridized carbons (Fsp3) is 0.667. The summed E-state index contributed by atoms with van der Waals surface area (Å²) in [4.78, 5) is 14.6. The van der Waals surface area contributed by atoms with Crippen LogP contribution in [-0.2, 0) is 14.4 Å². The zero-order valence-corrected chi connectivity index (χ0v) is 4.20. The summed E-state index contributed by atoms with van der Waals surface area (Å²) in [6, 6.07) is 0. The lowest BCUT2D eigenvalue weighted by atomic mass is 10.6. The molecule has 0 fully saturated rings. The average Bonchev–Trinajstić information content (AvgIpc) is 2.14. The van der Waals surface area contributed by atoms with Crippen molar-refractivity contribution in [2.24, 2.45) is 10.4 Å². The molecule has 1 amide bonds. The summed E-state index contributed by atoms with van der Waals surface area (Å²) in [7, 11) is 1.35. The lowest BCUT2D eigenvalue weighted by molar-refractivity contribution is -0.150. The van der Waals surface area contributed by atoms with Crippen molar-refractivity contribution in [3.05, 3.63) is 0 Å². The number of hydrogen-bond donors (Lipinski definition) is 0. The predicted molar refractivity (Wildman–Crippen MR) is 21.7 cm³/mol. The molecule has 1 heterocycles. The molecule has 0 aromatic carbocycles. The second-order valence-corrected chi connectivity index (χ2v) is 1.19. The number of amides is 1. The maximum absolute atomic E-state index is 10.3. The van der Waals surface area contributed by atoms with Gasteiger partial charge in [0.05, 0.1) is 0 Å². The summed E-state index contributed by atoms with van der Waals surface area (Å²) in [6.07, 6.45) is -0.907. The van der Waals surface area contributed by atoms with E-state index in [0.29, 0.717) is 0 Å². The van der Waals surface area contributed by atoms with E-state index in [9.17, 15) is 4.79 Å². The van der Waals surface area contributed by atoms with Gasteiger partial charge in [0, 0.05) is 12.4 Å². The monoisotopic (exact) mass is 116 g/mol. The van der Waals surface area contributed by atoms with E-state index in [4.69, 9.17) is 0 Å². The molecule has 1 unspecified atom stereocenters. The Morgan fingerprint density at radius 3 is 2.88 bits per heavy atom. The third kappa shape index (κ3) is 0.671. The maximum atomic E-state index is 10.3. The Kier molecular flexibility index (Phi) is 1.21. The number of carbonyl (C=O) groups excluding carboxylic acids is 1. The minimum Gasteiger partial charge on any atom is -0.337 e. The topological polar surface area (TPSA) is 60.2 Å². The molecule has 1 atom stereocenters. The van der Waals surface area contributed by atoms with E-state index >= 15 is 0 Å². The molecule has 1 aliphatic rings. The first-order chi connectivity index (χ1) is 3.84. The van der Waals surface area contributed by atoms with Gasteiger partial charge in [0.15, 0.2) is 0 Å². The zero-order chi connectivity index (χ0) is 5.98. The van der Waals surface area contributed by atoms with E-state index in [0.717, 1.165) is 0 Å². The number of ether oxygens (including phenoxy) is 1. The Morgan fingerprint density at radius 1 is 1.88 bits per heavy atom. The van der Waals surface area contributed by atoms with Gasteiger partial charge in [-0.2, -0.15) is 0 Å². The van der Waals surface area contributed by atoms with Crippen molar-refractivity contribution in [1.29, 1.82) is 0 Å². The van der Waals surface area contributed by atoms with Crippen LogP contribution in [0.2, 0.25) is 0 Å². The largest absolute Gasteiger partial charge is 0.338 e. The third-order valence-corrected chi connectivity index (χ3v) is 0.698. The van der Waals surface area contributed by atoms with E-state index in [1.807, 2.05) is 0 Å². The molecule has 0 saturated carbocycles. The predicted octanol–water partition coefficient (Wildman–Crippen LogP) is -0.117. The molecule has 0 radical (unpaired) electrons. The van der Waals surface area contributed by atoms with Crippen LogP contribution in [0, 0.1) is 0 Å².